The molecular weight excluding hydrogens is 375 g/mol. The number of halogens is 2. The molecule has 0 fully saturated rings. The van der Waals surface area contributed by atoms with Crippen LogP contribution in [0.25, 0.3) is 0 Å². The fourth-order valence-corrected chi connectivity index (χ4v) is 2.27. The molecule has 138 valence electrons. The predicted octanol–water partition coefficient (Wildman–Crippen LogP) is 5.92. The quantitative estimate of drug-likeness (QED) is 0.529. The zero-order chi connectivity index (χ0) is 18.9. The molecule has 2 rings (SSSR count). The van der Waals surface area contributed by atoms with Crippen molar-refractivity contribution in [2.45, 2.75) is 26.4 Å². The van der Waals surface area contributed by atoms with Crippen LogP contribution in [0.2, 0.25) is 0 Å². The van der Waals surface area contributed by atoms with Crippen LogP contribution in [0.4, 0.5) is 0 Å². The molecule has 0 aliphatic rings. The summed E-state index contributed by atoms with van der Waals surface area (Å²) < 4.78 is 17.1. The lowest BCUT2D eigenvalue weighted by Crippen LogP contribution is -2.23. The third-order valence-electron chi connectivity index (χ3n) is 3.47. The fourth-order valence-electron chi connectivity index (χ4n) is 2.15. The molecule has 0 amide bonds. The number of ether oxygens (including phenoxy) is 3. The normalized spacial score (nSPS) is 11.4. The molecular formula is C20H20Cl2O4. The van der Waals surface area contributed by atoms with Gasteiger partial charge < -0.3 is 14.2 Å². The summed E-state index contributed by atoms with van der Waals surface area (Å²) in [6.07, 6.45) is 1.78. The van der Waals surface area contributed by atoms with Gasteiger partial charge in [0.15, 0.2) is 11.9 Å². The molecule has 1 unspecified atom stereocenters. The summed E-state index contributed by atoms with van der Waals surface area (Å²) in [7, 11) is 0. The molecule has 6 heteroatoms. The molecule has 0 radical (unpaired) electrons. The molecule has 0 saturated heterocycles. The predicted molar refractivity (Wildman–Crippen MR) is 104 cm³/mol. The Morgan fingerprint density at radius 3 is 1.92 bits per heavy atom. The van der Waals surface area contributed by atoms with Gasteiger partial charge in [0.1, 0.15) is 34.1 Å². The molecule has 4 nitrogen and oxygen atoms in total. The molecule has 0 aliphatic heterocycles. The van der Waals surface area contributed by atoms with E-state index in [1.807, 2.05) is 6.92 Å². The van der Waals surface area contributed by atoms with Crippen molar-refractivity contribution in [1.29, 1.82) is 0 Å². The van der Waals surface area contributed by atoms with E-state index in [4.69, 9.17) is 37.4 Å². The van der Waals surface area contributed by atoms with E-state index in [0.29, 0.717) is 36.0 Å². The summed E-state index contributed by atoms with van der Waals surface area (Å²) in [4.78, 5) is 11.4. The van der Waals surface area contributed by atoms with Crippen LogP contribution in [0, 0.1) is 0 Å². The number of ketones is 1. The lowest BCUT2D eigenvalue weighted by atomic mass is 10.2. The highest BCUT2D eigenvalue weighted by Gasteiger charge is 2.13. The van der Waals surface area contributed by atoms with Crippen LogP contribution >= 0.6 is 23.2 Å². The van der Waals surface area contributed by atoms with Gasteiger partial charge >= 0.3 is 0 Å². The summed E-state index contributed by atoms with van der Waals surface area (Å²) in [6, 6.07) is 14.3. The molecule has 0 N–H and O–H groups in total. The van der Waals surface area contributed by atoms with Crippen molar-refractivity contribution < 1.29 is 19.0 Å². The van der Waals surface area contributed by atoms with Crippen molar-refractivity contribution in [2.24, 2.45) is 0 Å². The van der Waals surface area contributed by atoms with Crippen LogP contribution in [-0.4, -0.2) is 18.5 Å². The number of carbonyl (C=O) groups excluding carboxylic acids is 1. The van der Waals surface area contributed by atoms with Crippen molar-refractivity contribution in [2.75, 3.05) is 6.61 Å². The number of benzene rings is 2. The minimum absolute atomic E-state index is 0.0129. The monoisotopic (exact) mass is 394 g/mol. The van der Waals surface area contributed by atoms with E-state index in [1.165, 1.54) is 6.92 Å². The van der Waals surface area contributed by atoms with Crippen molar-refractivity contribution in [3.05, 3.63) is 59.1 Å². The number of carbonyl (C=O) groups is 1. The molecule has 0 saturated carbocycles. The van der Waals surface area contributed by atoms with Gasteiger partial charge in [-0.15, -0.1) is 0 Å². The van der Waals surface area contributed by atoms with Crippen LogP contribution in [0.1, 0.15) is 20.3 Å². The summed E-state index contributed by atoms with van der Waals surface area (Å²) in [5.74, 6) is 2.67. The summed E-state index contributed by atoms with van der Waals surface area (Å²) in [6.45, 7) is 3.74. The zero-order valence-corrected chi connectivity index (χ0v) is 16.1. The van der Waals surface area contributed by atoms with Crippen LogP contribution in [0.15, 0.2) is 59.1 Å². The van der Waals surface area contributed by atoms with E-state index >= 15 is 0 Å². The highest BCUT2D eigenvalue weighted by molar-refractivity contribution is 6.55. The van der Waals surface area contributed by atoms with E-state index < -0.39 is 6.10 Å². The Kier molecular flexibility index (Phi) is 7.82. The van der Waals surface area contributed by atoms with Crippen molar-refractivity contribution in [1.82, 2.24) is 0 Å². The molecule has 0 bridgehead atoms. The van der Waals surface area contributed by atoms with Gasteiger partial charge in [-0.1, -0.05) is 30.1 Å². The fraction of sp³-hybridized carbons (Fsp3) is 0.250. The number of Topliss-reactive ketones (excluding diaryl/α,β-unsaturated/α-hetero) is 1. The Morgan fingerprint density at radius 2 is 1.46 bits per heavy atom. The smallest absolute Gasteiger partial charge is 0.170 e. The van der Waals surface area contributed by atoms with Gasteiger partial charge in [-0.05, 0) is 68.0 Å². The maximum atomic E-state index is 11.4. The molecule has 0 spiro atoms. The first kappa shape index (κ1) is 20.1. The summed E-state index contributed by atoms with van der Waals surface area (Å²) in [5.41, 5.74) is 0. The van der Waals surface area contributed by atoms with E-state index in [9.17, 15) is 4.79 Å². The van der Waals surface area contributed by atoms with Gasteiger partial charge in [-0.3, -0.25) is 4.79 Å². The van der Waals surface area contributed by atoms with Crippen LogP contribution < -0.4 is 14.2 Å². The zero-order valence-electron chi connectivity index (χ0n) is 14.6. The highest BCUT2D eigenvalue weighted by Crippen LogP contribution is 2.26. The largest absolute Gasteiger partial charge is 0.489 e. The van der Waals surface area contributed by atoms with E-state index in [-0.39, 0.29) is 10.3 Å². The Balaban J connectivity index is 1.92. The van der Waals surface area contributed by atoms with Crippen molar-refractivity contribution in [3.8, 4) is 23.0 Å². The van der Waals surface area contributed by atoms with Gasteiger partial charge in [-0.25, -0.2) is 0 Å². The molecule has 2 aromatic carbocycles. The Hall–Kier alpha value is -2.17. The van der Waals surface area contributed by atoms with Crippen LogP contribution in [0.3, 0.4) is 0 Å². The van der Waals surface area contributed by atoms with Crippen LogP contribution in [0.5, 0.6) is 23.0 Å². The van der Waals surface area contributed by atoms with Gasteiger partial charge in [-0.2, -0.15) is 0 Å². The first-order valence-electron chi connectivity index (χ1n) is 8.17. The average Bonchev–Trinajstić information content (AvgIpc) is 2.62. The Labute approximate surface area is 163 Å². The van der Waals surface area contributed by atoms with Gasteiger partial charge in [0, 0.05) is 0 Å². The van der Waals surface area contributed by atoms with E-state index in [1.54, 1.807) is 54.6 Å². The summed E-state index contributed by atoms with van der Waals surface area (Å²) in [5, 5.41) is 0. The SMILES string of the molecule is CCC(Oc1ccc(Oc2ccc(OCC=C(Cl)Cl)cc2)cc1)C(C)=O. The standard InChI is InChI=1S/C20H20Cl2O4/c1-3-19(14(2)23)26-18-10-8-17(9-11-18)25-16-6-4-15(5-7-16)24-13-12-20(21)22/h4-12,19H,3,13H2,1-2H3. The molecule has 26 heavy (non-hydrogen) atoms. The van der Waals surface area contributed by atoms with E-state index in [2.05, 4.69) is 0 Å². The number of hydrogen-bond donors (Lipinski definition) is 0. The first-order chi connectivity index (χ1) is 12.5. The van der Waals surface area contributed by atoms with Gasteiger partial charge in [0.05, 0.1) is 0 Å². The Bertz CT molecular complexity index is 735. The number of rotatable bonds is 9. The van der Waals surface area contributed by atoms with Crippen molar-refractivity contribution in [3.63, 3.8) is 0 Å². The molecule has 2 aromatic rings. The number of hydrogen-bond acceptors (Lipinski definition) is 4. The lowest BCUT2D eigenvalue weighted by Gasteiger charge is -2.15. The summed E-state index contributed by atoms with van der Waals surface area (Å²) >= 11 is 11.0. The maximum Gasteiger partial charge on any atom is 0.170 e. The van der Waals surface area contributed by atoms with Crippen LogP contribution in [-0.2, 0) is 4.79 Å². The average molecular weight is 395 g/mol. The lowest BCUT2D eigenvalue weighted by molar-refractivity contribution is -0.123. The second-order valence-corrected chi connectivity index (χ2v) is 6.48. The second kappa shape index (κ2) is 10.1. The third kappa shape index (κ3) is 6.62. The first-order valence-corrected chi connectivity index (χ1v) is 8.92. The molecule has 0 aliphatic carbocycles. The third-order valence-corrected chi connectivity index (χ3v) is 3.78. The van der Waals surface area contributed by atoms with Gasteiger partial charge in [0.2, 0.25) is 0 Å². The maximum absolute atomic E-state index is 11.4. The minimum atomic E-state index is -0.419. The molecule has 0 heterocycles. The van der Waals surface area contributed by atoms with E-state index in [0.717, 1.165) is 0 Å². The second-order valence-electron chi connectivity index (χ2n) is 5.48. The molecule has 0 aromatic heterocycles. The topological polar surface area (TPSA) is 44.8 Å². The highest BCUT2D eigenvalue weighted by atomic mass is 35.5. The Morgan fingerprint density at radius 1 is 0.962 bits per heavy atom. The van der Waals surface area contributed by atoms with Crippen molar-refractivity contribution >= 4 is 29.0 Å². The molecule has 1 atom stereocenters. The minimum Gasteiger partial charge on any atom is -0.489 e. The van der Waals surface area contributed by atoms with Gasteiger partial charge in [0.25, 0.3) is 0 Å².